The Bertz CT molecular complexity index is 678. The van der Waals surface area contributed by atoms with Gasteiger partial charge in [-0.05, 0) is 50.9 Å². The number of halogens is 1. The van der Waals surface area contributed by atoms with Crippen LogP contribution in [0, 0.1) is 12.8 Å². The van der Waals surface area contributed by atoms with Gasteiger partial charge >= 0.3 is 0 Å². The van der Waals surface area contributed by atoms with E-state index in [-0.39, 0.29) is 18.3 Å². The van der Waals surface area contributed by atoms with Crippen molar-refractivity contribution in [1.29, 1.82) is 0 Å². The highest BCUT2D eigenvalue weighted by Gasteiger charge is 2.25. The number of hydrogen-bond donors (Lipinski definition) is 1. The molecule has 0 aliphatic carbocycles. The molecule has 2 heterocycles. The molecular weight excluding hydrogens is 336 g/mol. The van der Waals surface area contributed by atoms with E-state index in [2.05, 4.69) is 17.3 Å². The number of hydrogen-bond acceptors (Lipinski definition) is 3. The minimum Gasteiger partial charge on any atom is -0.339 e. The Morgan fingerprint density at radius 3 is 2.56 bits per heavy atom. The molecule has 3 rings (SSSR count). The third kappa shape index (κ3) is 4.41. The molecule has 1 aliphatic rings. The Morgan fingerprint density at radius 2 is 1.92 bits per heavy atom. The van der Waals surface area contributed by atoms with Crippen molar-refractivity contribution in [1.82, 2.24) is 20.0 Å². The van der Waals surface area contributed by atoms with Crippen molar-refractivity contribution in [2.24, 2.45) is 5.92 Å². The van der Waals surface area contributed by atoms with E-state index in [9.17, 15) is 4.79 Å². The fourth-order valence-electron chi connectivity index (χ4n) is 3.31. The Labute approximate surface area is 155 Å². The molecule has 1 aromatic carbocycles. The topological polar surface area (TPSA) is 50.2 Å². The van der Waals surface area contributed by atoms with Gasteiger partial charge in [-0.25, -0.2) is 4.68 Å². The number of piperidine rings is 1. The van der Waals surface area contributed by atoms with Crippen molar-refractivity contribution < 1.29 is 4.79 Å². The van der Waals surface area contributed by atoms with E-state index in [1.165, 1.54) is 0 Å². The van der Waals surface area contributed by atoms with E-state index in [1.807, 2.05) is 46.8 Å². The summed E-state index contributed by atoms with van der Waals surface area (Å²) in [6.07, 6.45) is 3.85. The first-order valence-electron chi connectivity index (χ1n) is 8.80. The second-order valence-electron chi connectivity index (χ2n) is 6.43. The van der Waals surface area contributed by atoms with Crippen LogP contribution < -0.4 is 5.32 Å². The van der Waals surface area contributed by atoms with Crippen LogP contribution in [0.25, 0.3) is 5.69 Å². The molecule has 0 atom stereocenters. The summed E-state index contributed by atoms with van der Waals surface area (Å²) in [5.41, 5.74) is 2.60. The molecule has 1 saturated heterocycles. The minimum absolute atomic E-state index is 0. The van der Waals surface area contributed by atoms with E-state index in [1.54, 1.807) is 6.20 Å². The average Bonchev–Trinajstić information content (AvgIpc) is 3.02. The normalized spacial score (nSPS) is 15.0. The monoisotopic (exact) mass is 362 g/mol. The number of nitrogens with zero attached hydrogens (tertiary/aromatic N) is 3. The molecule has 6 heteroatoms. The first-order chi connectivity index (χ1) is 11.7. The molecule has 1 aromatic heterocycles. The highest BCUT2D eigenvalue weighted by molar-refractivity contribution is 5.95. The molecule has 0 spiro atoms. The maximum Gasteiger partial charge on any atom is 0.257 e. The maximum absolute atomic E-state index is 12.8. The fraction of sp³-hybridized carbons (Fsp3) is 0.474. The molecular formula is C19H27ClN4O. The number of likely N-dealkylation sites (tertiary alicyclic amines) is 1. The summed E-state index contributed by atoms with van der Waals surface area (Å²) in [6, 6.07) is 9.94. The average molecular weight is 363 g/mol. The first kappa shape index (κ1) is 19.5. The Kier molecular flexibility index (Phi) is 7.02. The quantitative estimate of drug-likeness (QED) is 0.889. The number of rotatable bonds is 5. The molecule has 1 fully saturated rings. The third-order valence-electron chi connectivity index (χ3n) is 4.83. The Hall–Kier alpha value is -1.85. The van der Waals surface area contributed by atoms with E-state index < -0.39 is 0 Å². The van der Waals surface area contributed by atoms with Crippen molar-refractivity contribution in [3.63, 3.8) is 0 Å². The molecule has 0 bridgehead atoms. The zero-order valence-corrected chi connectivity index (χ0v) is 15.8. The summed E-state index contributed by atoms with van der Waals surface area (Å²) in [5, 5.41) is 7.82. The zero-order valence-electron chi connectivity index (χ0n) is 14.9. The molecule has 136 valence electrons. The number of benzene rings is 1. The van der Waals surface area contributed by atoms with Crippen molar-refractivity contribution >= 4 is 18.3 Å². The van der Waals surface area contributed by atoms with E-state index >= 15 is 0 Å². The van der Waals surface area contributed by atoms with Gasteiger partial charge < -0.3 is 10.2 Å². The van der Waals surface area contributed by atoms with E-state index in [0.717, 1.165) is 50.4 Å². The lowest BCUT2D eigenvalue weighted by molar-refractivity contribution is 0.0689. The van der Waals surface area contributed by atoms with Gasteiger partial charge in [0, 0.05) is 13.1 Å². The molecule has 5 nitrogen and oxygen atoms in total. The molecule has 1 aliphatic heterocycles. The predicted octanol–water partition coefficient (Wildman–Crippen LogP) is 3.06. The number of carbonyl (C=O) groups is 1. The van der Waals surface area contributed by atoms with Crippen LogP contribution in [-0.2, 0) is 0 Å². The number of carbonyl (C=O) groups excluding carboxylic acids is 1. The number of aromatic nitrogens is 2. The second kappa shape index (κ2) is 9.02. The van der Waals surface area contributed by atoms with Gasteiger partial charge in [-0.1, -0.05) is 25.1 Å². The van der Waals surface area contributed by atoms with Gasteiger partial charge in [0.1, 0.15) is 0 Å². The first-order valence-corrected chi connectivity index (χ1v) is 8.80. The SMILES string of the molecule is CCNCC1CCN(C(=O)c2cnn(-c3ccccc3)c2C)CC1.Cl. The van der Waals surface area contributed by atoms with Crippen molar-refractivity contribution in [2.75, 3.05) is 26.2 Å². The van der Waals surface area contributed by atoms with Gasteiger partial charge in [0.25, 0.3) is 5.91 Å². The Morgan fingerprint density at radius 1 is 1.24 bits per heavy atom. The van der Waals surface area contributed by atoms with Crippen molar-refractivity contribution in [3.05, 3.63) is 47.8 Å². The van der Waals surface area contributed by atoms with E-state index in [4.69, 9.17) is 0 Å². The van der Waals surface area contributed by atoms with Gasteiger partial charge in [-0.2, -0.15) is 5.10 Å². The van der Waals surface area contributed by atoms with Crippen LogP contribution in [0.5, 0.6) is 0 Å². The van der Waals surface area contributed by atoms with Crippen LogP contribution >= 0.6 is 12.4 Å². The molecule has 2 aromatic rings. The predicted molar refractivity (Wildman–Crippen MR) is 103 cm³/mol. The minimum atomic E-state index is 0. The lowest BCUT2D eigenvalue weighted by atomic mass is 9.96. The molecule has 1 amide bonds. The maximum atomic E-state index is 12.8. The van der Waals surface area contributed by atoms with Gasteiger partial charge in [0.05, 0.1) is 23.1 Å². The van der Waals surface area contributed by atoms with Crippen LogP contribution in [0.2, 0.25) is 0 Å². The van der Waals surface area contributed by atoms with Gasteiger partial charge in [0.15, 0.2) is 0 Å². The van der Waals surface area contributed by atoms with Crippen LogP contribution in [0.1, 0.15) is 35.8 Å². The summed E-state index contributed by atoms with van der Waals surface area (Å²) in [7, 11) is 0. The summed E-state index contributed by atoms with van der Waals surface area (Å²) in [4.78, 5) is 14.8. The molecule has 0 radical (unpaired) electrons. The van der Waals surface area contributed by atoms with Crippen molar-refractivity contribution in [3.8, 4) is 5.69 Å². The van der Waals surface area contributed by atoms with Crippen LogP contribution in [0.3, 0.4) is 0 Å². The molecule has 25 heavy (non-hydrogen) atoms. The third-order valence-corrected chi connectivity index (χ3v) is 4.83. The van der Waals surface area contributed by atoms with Crippen LogP contribution in [0.4, 0.5) is 0 Å². The largest absolute Gasteiger partial charge is 0.339 e. The zero-order chi connectivity index (χ0) is 16.9. The standard InChI is InChI=1S/C19H26N4O.ClH/c1-3-20-13-16-9-11-22(12-10-16)19(24)18-14-21-23(15(18)2)17-7-5-4-6-8-17;/h4-8,14,16,20H,3,9-13H2,1-2H3;1H. The van der Waals surface area contributed by atoms with Crippen LogP contribution in [-0.4, -0.2) is 46.8 Å². The van der Waals surface area contributed by atoms with Gasteiger partial charge in [0.2, 0.25) is 0 Å². The smallest absolute Gasteiger partial charge is 0.257 e. The van der Waals surface area contributed by atoms with Gasteiger partial charge in [-0.3, -0.25) is 4.79 Å². The Balaban J connectivity index is 0.00000225. The molecule has 0 unspecified atom stereocenters. The highest BCUT2D eigenvalue weighted by atomic mass is 35.5. The summed E-state index contributed by atoms with van der Waals surface area (Å²) >= 11 is 0. The van der Waals surface area contributed by atoms with Crippen LogP contribution in [0.15, 0.2) is 36.5 Å². The second-order valence-corrected chi connectivity index (χ2v) is 6.43. The lowest BCUT2D eigenvalue weighted by Gasteiger charge is -2.32. The lowest BCUT2D eigenvalue weighted by Crippen LogP contribution is -2.40. The number of nitrogens with one attached hydrogen (secondary N) is 1. The molecule has 1 N–H and O–H groups in total. The van der Waals surface area contributed by atoms with Gasteiger partial charge in [-0.15, -0.1) is 12.4 Å². The van der Waals surface area contributed by atoms with Crippen molar-refractivity contribution in [2.45, 2.75) is 26.7 Å². The summed E-state index contributed by atoms with van der Waals surface area (Å²) < 4.78 is 1.84. The number of amides is 1. The van der Waals surface area contributed by atoms with E-state index in [0.29, 0.717) is 11.5 Å². The highest BCUT2D eigenvalue weighted by Crippen LogP contribution is 2.21. The fourth-order valence-corrected chi connectivity index (χ4v) is 3.31. The molecule has 0 saturated carbocycles. The summed E-state index contributed by atoms with van der Waals surface area (Å²) in [5.74, 6) is 0.790. The summed E-state index contributed by atoms with van der Waals surface area (Å²) in [6.45, 7) is 7.84. The number of para-hydroxylation sites is 1.